The summed E-state index contributed by atoms with van der Waals surface area (Å²) >= 11 is 17.0. The molecule has 9 heteroatoms. The quantitative estimate of drug-likeness (QED) is 0.269. The van der Waals surface area contributed by atoms with Crippen LogP contribution in [0, 0.1) is 11.3 Å². The Morgan fingerprint density at radius 1 is 1.09 bits per heavy atom. The van der Waals surface area contributed by atoms with Gasteiger partial charge >= 0.3 is 0 Å². The van der Waals surface area contributed by atoms with E-state index in [0.717, 1.165) is 4.47 Å². The Kier molecular flexibility index (Phi) is 7.64. The third-order valence-electron chi connectivity index (χ3n) is 5.04. The van der Waals surface area contributed by atoms with Crippen molar-refractivity contribution in [1.29, 1.82) is 5.26 Å². The van der Waals surface area contributed by atoms with Crippen molar-refractivity contribution >= 4 is 74.1 Å². The van der Waals surface area contributed by atoms with Gasteiger partial charge in [-0.25, -0.2) is 0 Å². The summed E-state index contributed by atoms with van der Waals surface area (Å²) in [6.07, 6.45) is 0.290. The van der Waals surface area contributed by atoms with E-state index in [4.69, 9.17) is 23.2 Å². The van der Waals surface area contributed by atoms with Crippen LogP contribution in [0.2, 0.25) is 10.0 Å². The predicted molar refractivity (Wildman–Crippen MR) is 141 cm³/mol. The van der Waals surface area contributed by atoms with Crippen molar-refractivity contribution in [2.45, 2.75) is 11.7 Å². The molecule has 3 aromatic rings. The predicted octanol–water partition coefficient (Wildman–Crippen LogP) is 6.82. The zero-order chi connectivity index (χ0) is 24.2. The standard InChI is InChI=1S/C25H16BrCl2N3O2S/c26-16-6-9-19(10-7-16)31-24(33)22(13-15-12-17(27)8-11-21(15)28)34-25(31)20(14-29)23(32)30-18-4-2-1-3-5-18/h1-12,22H,13H2,(H,30,32). The lowest BCUT2D eigenvalue weighted by Gasteiger charge is -2.19. The first-order valence-corrected chi connectivity index (χ1v) is 12.5. The van der Waals surface area contributed by atoms with E-state index in [1.165, 1.54) is 16.7 Å². The molecule has 1 unspecified atom stereocenters. The Bertz CT molecular complexity index is 1320. The van der Waals surface area contributed by atoms with Crippen molar-refractivity contribution in [2.24, 2.45) is 0 Å². The molecule has 1 saturated heterocycles. The molecule has 5 nitrogen and oxygen atoms in total. The Hall–Kier alpha value is -2.76. The Morgan fingerprint density at radius 3 is 2.47 bits per heavy atom. The first-order valence-electron chi connectivity index (χ1n) is 10.1. The van der Waals surface area contributed by atoms with Crippen molar-refractivity contribution < 1.29 is 9.59 Å². The van der Waals surface area contributed by atoms with Crippen LogP contribution in [0.4, 0.5) is 11.4 Å². The number of nitriles is 1. The number of nitrogens with zero attached hydrogens (tertiary/aromatic N) is 2. The van der Waals surface area contributed by atoms with Gasteiger partial charge in [-0.05, 0) is 66.6 Å². The zero-order valence-corrected chi connectivity index (χ0v) is 21.4. The molecule has 4 rings (SSSR count). The van der Waals surface area contributed by atoms with Crippen LogP contribution in [0.3, 0.4) is 0 Å². The third-order valence-corrected chi connectivity index (χ3v) is 7.43. The van der Waals surface area contributed by atoms with E-state index in [1.54, 1.807) is 66.7 Å². The van der Waals surface area contributed by atoms with Gasteiger partial charge in [0.1, 0.15) is 16.7 Å². The summed E-state index contributed by atoms with van der Waals surface area (Å²) in [6.45, 7) is 0. The minimum atomic E-state index is -0.595. The van der Waals surface area contributed by atoms with Gasteiger partial charge in [-0.15, -0.1) is 0 Å². The number of hydrogen-bond acceptors (Lipinski definition) is 4. The van der Waals surface area contributed by atoms with Crippen LogP contribution in [0.25, 0.3) is 0 Å². The maximum atomic E-state index is 13.5. The largest absolute Gasteiger partial charge is 0.321 e. The summed E-state index contributed by atoms with van der Waals surface area (Å²) in [7, 11) is 0. The molecule has 34 heavy (non-hydrogen) atoms. The van der Waals surface area contributed by atoms with Crippen molar-refractivity contribution in [3.05, 3.63) is 103 Å². The Labute approximate surface area is 219 Å². The highest BCUT2D eigenvalue weighted by Crippen LogP contribution is 2.43. The molecule has 1 N–H and O–H groups in total. The highest BCUT2D eigenvalue weighted by molar-refractivity contribution is 9.10. The Morgan fingerprint density at radius 2 is 1.79 bits per heavy atom. The van der Waals surface area contributed by atoms with Gasteiger partial charge in [0.25, 0.3) is 5.91 Å². The lowest BCUT2D eigenvalue weighted by molar-refractivity contribution is -0.117. The minimum absolute atomic E-state index is 0.148. The SMILES string of the molecule is N#CC(C(=O)Nc1ccccc1)=C1SC(Cc2cc(Cl)ccc2Cl)C(=O)N1c1ccc(Br)cc1. The molecule has 0 bridgehead atoms. The second-order valence-corrected chi connectivity index (χ2v) is 10.3. The maximum absolute atomic E-state index is 13.5. The van der Waals surface area contributed by atoms with Crippen molar-refractivity contribution in [3.63, 3.8) is 0 Å². The molecule has 1 fully saturated rings. The fourth-order valence-electron chi connectivity index (χ4n) is 3.43. The number of hydrogen-bond donors (Lipinski definition) is 1. The lowest BCUT2D eigenvalue weighted by atomic mass is 10.1. The average Bonchev–Trinajstić information content (AvgIpc) is 3.13. The molecule has 2 amide bonds. The van der Waals surface area contributed by atoms with Crippen LogP contribution < -0.4 is 10.2 Å². The number of thioether (sulfide) groups is 1. The number of rotatable bonds is 5. The highest BCUT2D eigenvalue weighted by atomic mass is 79.9. The molecule has 0 radical (unpaired) electrons. The van der Waals surface area contributed by atoms with Gasteiger partial charge in [-0.1, -0.05) is 69.1 Å². The molecule has 170 valence electrons. The van der Waals surface area contributed by atoms with E-state index in [1.807, 2.05) is 12.1 Å². The average molecular weight is 573 g/mol. The van der Waals surface area contributed by atoms with Crippen LogP contribution in [0.1, 0.15) is 5.56 Å². The van der Waals surface area contributed by atoms with Crippen molar-refractivity contribution in [3.8, 4) is 6.07 Å². The highest BCUT2D eigenvalue weighted by Gasteiger charge is 2.41. The lowest BCUT2D eigenvalue weighted by Crippen LogP contribution is -2.31. The van der Waals surface area contributed by atoms with Gasteiger partial charge < -0.3 is 5.32 Å². The minimum Gasteiger partial charge on any atom is -0.321 e. The van der Waals surface area contributed by atoms with E-state index in [2.05, 4.69) is 21.2 Å². The number of nitrogens with one attached hydrogen (secondary N) is 1. The number of carbonyl (C=O) groups excluding carboxylic acids is 2. The van der Waals surface area contributed by atoms with Crippen LogP contribution in [0.15, 0.2) is 87.9 Å². The maximum Gasteiger partial charge on any atom is 0.269 e. The molecule has 0 aliphatic carbocycles. The van der Waals surface area contributed by atoms with E-state index < -0.39 is 11.2 Å². The number of anilines is 2. The van der Waals surface area contributed by atoms with Crippen LogP contribution in [0.5, 0.6) is 0 Å². The normalized spacial score (nSPS) is 16.8. The van der Waals surface area contributed by atoms with Gasteiger partial charge in [-0.3, -0.25) is 14.5 Å². The van der Waals surface area contributed by atoms with Gasteiger partial charge in [0.15, 0.2) is 0 Å². The molecule has 3 aromatic carbocycles. The smallest absolute Gasteiger partial charge is 0.269 e. The number of halogens is 3. The second-order valence-electron chi connectivity index (χ2n) is 7.31. The molecule has 1 heterocycles. The van der Waals surface area contributed by atoms with E-state index in [0.29, 0.717) is 33.4 Å². The summed E-state index contributed by atoms with van der Waals surface area (Å²) in [5, 5.41) is 13.3. The number of amides is 2. The third kappa shape index (κ3) is 5.31. The fourth-order valence-corrected chi connectivity index (χ4v) is 5.38. The number of benzene rings is 3. The van der Waals surface area contributed by atoms with Gasteiger partial charge in [-0.2, -0.15) is 5.26 Å². The summed E-state index contributed by atoms with van der Waals surface area (Å²) in [5.74, 6) is -0.842. The van der Waals surface area contributed by atoms with E-state index in [9.17, 15) is 14.9 Å². The number of para-hydroxylation sites is 1. The summed E-state index contributed by atoms with van der Waals surface area (Å²) in [4.78, 5) is 28.0. The van der Waals surface area contributed by atoms with E-state index >= 15 is 0 Å². The molecule has 0 spiro atoms. The van der Waals surface area contributed by atoms with Crippen LogP contribution in [-0.2, 0) is 16.0 Å². The van der Waals surface area contributed by atoms with Gasteiger partial charge in [0.05, 0.1) is 5.25 Å². The first kappa shape index (κ1) is 24.4. The van der Waals surface area contributed by atoms with Crippen molar-refractivity contribution in [2.75, 3.05) is 10.2 Å². The van der Waals surface area contributed by atoms with Crippen molar-refractivity contribution in [1.82, 2.24) is 0 Å². The van der Waals surface area contributed by atoms with E-state index in [-0.39, 0.29) is 16.5 Å². The summed E-state index contributed by atoms with van der Waals surface area (Å²) < 4.78 is 0.839. The molecule has 1 aliphatic rings. The molecule has 1 atom stereocenters. The molecule has 1 aliphatic heterocycles. The molecular formula is C25H16BrCl2N3O2S. The topological polar surface area (TPSA) is 73.2 Å². The first-order chi connectivity index (χ1) is 16.4. The van der Waals surface area contributed by atoms with Crippen LogP contribution in [-0.4, -0.2) is 17.1 Å². The number of carbonyl (C=O) groups is 2. The molecular weight excluding hydrogens is 557 g/mol. The fraction of sp³-hybridized carbons (Fsp3) is 0.0800. The monoisotopic (exact) mass is 571 g/mol. The molecule has 0 saturated carbocycles. The summed E-state index contributed by atoms with van der Waals surface area (Å²) in [5.41, 5.74) is 1.66. The zero-order valence-electron chi connectivity index (χ0n) is 17.5. The second kappa shape index (κ2) is 10.7. The molecule has 0 aromatic heterocycles. The van der Waals surface area contributed by atoms with Gasteiger partial charge in [0.2, 0.25) is 5.91 Å². The van der Waals surface area contributed by atoms with Gasteiger partial charge in [0, 0.05) is 25.9 Å². The van der Waals surface area contributed by atoms with Crippen LogP contribution >= 0.6 is 50.9 Å². The Balaban J connectivity index is 1.74. The summed E-state index contributed by atoms with van der Waals surface area (Å²) in [6, 6.07) is 23.0.